The number of amidine groups is 1. The van der Waals surface area contributed by atoms with Gasteiger partial charge >= 0.3 is 0 Å². The fourth-order valence-electron chi connectivity index (χ4n) is 4.31. The number of hydrogen-bond acceptors (Lipinski definition) is 4. The Bertz CT molecular complexity index is 1100. The van der Waals surface area contributed by atoms with Gasteiger partial charge < -0.3 is 5.32 Å². The average Bonchev–Trinajstić information content (AvgIpc) is 3.02. The van der Waals surface area contributed by atoms with Gasteiger partial charge in [-0.25, -0.2) is 9.37 Å². The predicted molar refractivity (Wildman–Crippen MR) is 106 cm³/mol. The zero-order chi connectivity index (χ0) is 19.3. The second-order valence-electron chi connectivity index (χ2n) is 8.02. The number of rotatable bonds is 3. The van der Waals surface area contributed by atoms with Gasteiger partial charge in [0.15, 0.2) is 5.84 Å². The van der Waals surface area contributed by atoms with Crippen LogP contribution >= 0.6 is 0 Å². The average molecular weight is 378 g/mol. The van der Waals surface area contributed by atoms with Crippen LogP contribution in [0.1, 0.15) is 36.7 Å². The number of aliphatic imine (C=N–C) groups is 1. The van der Waals surface area contributed by atoms with E-state index in [1.807, 2.05) is 24.3 Å². The van der Waals surface area contributed by atoms with E-state index in [1.165, 1.54) is 6.07 Å². The van der Waals surface area contributed by atoms with Gasteiger partial charge in [0.2, 0.25) is 5.95 Å². The van der Waals surface area contributed by atoms with Crippen LogP contribution in [0.4, 0.5) is 14.5 Å². The van der Waals surface area contributed by atoms with E-state index in [4.69, 9.17) is 0 Å². The summed E-state index contributed by atoms with van der Waals surface area (Å²) in [7, 11) is 0. The number of fused-ring (bicyclic) bond motifs is 2. The number of nitrogens with zero attached hydrogens (tertiary/aromatic N) is 3. The van der Waals surface area contributed by atoms with E-state index < -0.39 is 11.6 Å². The second-order valence-corrected chi connectivity index (χ2v) is 8.02. The molecule has 142 valence electrons. The summed E-state index contributed by atoms with van der Waals surface area (Å²) in [5.74, 6) is 0.431. The Morgan fingerprint density at radius 1 is 1.18 bits per heavy atom. The van der Waals surface area contributed by atoms with Gasteiger partial charge in [0.05, 0.1) is 6.54 Å². The van der Waals surface area contributed by atoms with Gasteiger partial charge in [0.1, 0.15) is 11.4 Å². The molecule has 1 N–H and O–H groups in total. The highest BCUT2D eigenvalue weighted by Crippen LogP contribution is 2.42. The van der Waals surface area contributed by atoms with Gasteiger partial charge in [-0.05, 0) is 61.8 Å². The first kappa shape index (κ1) is 17.2. The lowest BCUT2D eigenvalue weighted by Gasteiger charge is -2.38. The molecule has 1 aliphatic carbocycles. The molecule has 3 heterocycles. The zero-order valence-corrected chi connectivity index (χ0v) is 15.5. The minimum Gasteiger partial charge on any atom is -0.339 e. The van der Waals surface area contributed by atoms with Crippen LogP contribution in [-0.4, -0.2) is 21.5 Å². The van der Waals surface area contributed by atoms with Crippen molar-refractivity contribution in [1.82, 2.24) is 9.97 Å². The molecule has 0 saturated heterocycles. The van der Waals surface area contributed by atoms with Crippen molar-refractivity contribution >= 4 is 22.3 Å². The molecule has 4 nitrogen and oxygen atoms in total. The van der Waals surface area contributed by atoms with Crippen molar-refractivity contribution in [3.05, 3.63) is 65.5 Å². The molecule has 0 unspecified atom stereocenters. The van der Waals surface area contributed by atoms with Gasteiger partial charge in [-0.15, -0.1) is 0 Å². The Hall–Kier alpha value is -2.89. The molecule has 1 fully saturated rings. The molecule has 1 aromatic carbocycles. The molecule has 0 spiro atoms. The van der Waals surface area contributed by atoms with Crippen LogP contribution in [0.3, 0.4) is 0 Å². The molecule has 2 aromatic heterocycles. The SMILES string of the molecule is CC1(F)CC(Cc2nccc3cc(NC4=NCc5ccc(F)nc54)ccc23)C1. The normalized spacial score (nSPS) is 23.2. The van der Waals surface area contributed by atoms with Crippen LogP contribution in [0.25, 0.3) is 10.8 Å². The lowest BCUT2D eigenvalue weighted by atomic mass is 9.71. The van der Waals surface area contributed by atoms with Gasteiger partial charge in [-0.3, -0.25) is 9.98 Å². The maximum Gasteiger partial charge on any atom is 0.213 e. The monoisotopic (exact) mass is 378 g/mol. The van der Waals surface area contributed by atoms with Crippen LogP contribution in [0, 0.1) is 11.9 Å². The van der Waals surface area contributed by atoms with Crippen LogP contribution in [0.15, 0.2) is 47.6 Å². The number of nitrogens with one attached hydrogen (secondary N) is 1. The third-order valence-corrected chi connectivity index (χ3v) is 5.60. The number of pyridine rings is 2. The van der Waals surface area contributed by atoms with Crippen molar-refractivity contribution in [2.75, 3.05) is 5.32 Å². The van der Waals surface area contributed by atoms with Crippen molar-refractivity contribution in [3.63, 3.8) is 0 Å². The minimum atomic E-state index is -1.02. The highest BCUT2D eigenvalue weighted by molar-refractivity contribution is 6.10. The van der Waals surface area contributed by atoms with Gasteiger partial charge in [-0.1, -0.05) is 12.1 Å². The van der Waals surface area contributed by atoms with E-state index in [-0.39, 0.29) is 0 Å². The molecule has 0 bridgehead atoms. The molecule has 0 amide bonds. The van der Waals surface area contributed by atoms with Crippen molar-refractivity contribution in [1.29, 1.82) is 0 Å². The highest BCUT2D eigenvalue weighted by Gasteiger charge is 2.40. The molecular weight excluding hydrogens is 358 g/mol. The number of benzene rings is 1. The van der Waals surface area contributed by atoms with E-state index in [1.54, 1.807) is 19.2 Å². The third-order valence-electron chi connectivity index (χ3n) is 5.60. The zero-order valence-electron chi connectivity index (χ0n) is 15.5. The van der Waals surface area contributed by atoms with Crippen molar-refractivity contribution in [3.8, 4) is 0 Å². The Balaban J connectivity index is 1.39. The Morgan fingerprint density at radius 3 is 2.86 bits per heavy atom. The van der Waals surface area contributed by atoms with Gasteiger partial charge in [0, 0.05) is 28.5 Å². The third kappa shape index (κ3) is 3.13. The Kier molecular flexibility index (Phi) is 3.89. The van der Waals surface area contributed by atoms with Gasteiger partial charge in [0.25, 0.3) is 0 Å². The number of anilines is 1. The summed E-state index contributed by atoms with van der Waals surface area (Å²) < 4.78 is 27.3. The predicted octanol–water partition coefficient (Wildman–Crippen LogP) is 4.82. The Morgan fingerprint density at radius 2 is 2.04 bits per heavy atom. The largest absolute Gasteiger partial charge is 0.339 e. The van der Waals surface area contributed by atoms with Crippen LogP contribution in [0.2, 0.25) is 0 Å². The summed E-state index contributed by atoms with van der Waals surface area (Å²) in [4.78, 5) is 12.9. The molecule has 0 radical (unpaired) electrons. The molecule has 6 heteroatoms. The molecule has 1 aliphatic heterocycles. The fourth-order valence-corrected chi connectivity index (χ4v) is 4.31. The van der Waals surface area contributed by atoms with Crippen molar-refractivity contribution in [2.24, 2.45) is 10.9 Å². The van der Waals surface area contributed by atoms with E-state index >= 15 is 0 Å². The number of halogens is 2. The molecule has 5 rings (SSSR count). The standard InChI is InChI=1S/C22H20F2N4/c1-22(24)10-13(11-22)8-18-17-4-3-16(9-14(17)6-7-25-18)27-21-20-15(12-26-21)2-5-19(23)28-20/h2-7,9,13H,8,10-12H2,1H3,(H,26,27). The lowest BCUT2D eigenvalue weighted by molar-refractivity contribution is 0.0255. The topological polar surface area (TPSA) is 50.2 Å². The van der Waals surface area contributed by atoms with E-state index in [0.29, 0.717) is 36.8 Å². The fraction of sp³-hybridized carbons (Fsp3) is 0.318. The number of hydrogen-bond donors (Lipinski definition) is 1. The number of aromatic nitrogens is 2. The first-order chi connectivity index (χ1) is 13.5. The Labute approximate surface area is 161 Å². The summed E-state index contributed by atoms with van der Waals surface area (Å²) in [6, 6.07) is 11.1. The van der Waals surface area contributed by atoms with E-state index in [9.17, 15) is 8.78 Å². The minimum absolute atomic E-state index is 0.358. The first-order valence-corrected chi connectivity index (χ1v) is 9.51. The summed E-state index contributed by atoms with van der Waals surface area (Å²) in [6.07, 6.45) is 3.81. The first-order valence-electron chi connectivity index (χ1n) is 9.51. The highest BCUT2D eigenvalue weighted by atomic mass is 19.1. The maximum absolute atomic E-state index is 13.8. The molecule has 1 saturated carbocycles. The molecular formula is C22H20F2N4. The summed E-state index contributed by atoms with van der Waals surface area (Å²) in [5.41, 5.74) is 2.34. The molecule has 3 aromatic rings. The number of alkyl halides is 1. The molecule has 28 heavy (non-hydrogen) atoms. The second kappa shape index (κ2) is 6.33. The smallest absolute Gasteiger partial charge is 0.213 e. The van der Waals surface area contributed by atoms with E-state index in [2.05, 4.69) is 20.3 Å². The summed E-state index contributed by atoms with van der Waals surface area (Å²) in [6.45, 7) is 2.17. The van der Waals surface area contributed by atoms with Crippen LogP contribution < -0.4 is 5.32 Å². The lowest BCUT2D eigenvalue weighted by Crippen LogP contribution is -2.37. The summed E-state index contributed by atoms with van der Waals surface area (Å²) in [5, 5.41) is 5.40. The molecule has 0 atom stereocenters. The maximum atomic E-state index is 13.8. The van der Waals surface area contributed by atoms with Crippen LogP contribution in [-0.2, 0) is 13.0 Å². The van der Waals surface area contributed by atoms with E-state index in [0.717, 1.165) is 34.1 Å². The van der Waals surface area contributed by atoms with Crippen molar-refractivity contribution in [2.45, 2.75) is 38.4 Å². The van der Waals surface area contributed by atoms with Crippen LogP contribution in [0.5, 0.6) is 0 Å². The summed E-state index contributed by atoms with van der Waals surface area (Å²) >= 11 is 0. The van der Waals surface area contributed by atoms with Gasteiger partial charge in [-0.2, -0.15) is 4.39 Å². The molecule has 2 aliphatic rings. The van der Waals surface area contributed by atoms with Crippen molar-refractivity contribution < 1.29 is 8.78 Å². The quantitative estimate of drug-likeness (QED) is 0.665.